The molecule has 6 nitrogen and oxygen atoms in total. The highest BCUT2D eigenvalue weighted by Gasteiger charge is 2.20. The van der Waals surface area contributed by atoms with Crippen LogP contribution in [-0.2, 0) is 6.42 Å². The second-order valence-corrected chi connectivity index (χ2v) is 8.81. The summed E-state index contributed by atoms with van der Waals surface area (Å²) in [5.41, 5.74) is 3.01. The highest BCUT2D eigenvalue weighted by atomic mass is 32.2. The summed E-state index contributed by atoms with van der Waals surface area (Å²) >= 11 is 4.37. The quantitative estimate of drug-likeness (QED) is 0.558. The fourth-order valence-electron chi connectivity index (χ4n) is 2.65. The molecule has 0 radical (unpaired) electrons. The van der Waals surface area contributed by atoms with Crippen LogP contribution in [0.3, 0.4) is 0 Å². The number of nitrogens with one attached hydrogen (secondary N) is 1. The van der Waals surface area contributed by atoms with Gasteiger partial charge < -0.3 is 4.90 Å². The molecule has 9 heteroatoms. The van der Waals surface area contributed by atoms with Crippen molar-refractivity contribution in [2.75, 3.05) is 17.7 Å². The summed E-state index contributed by atoms with van der Waals surface area (Å²) in [6.45, 7) is 4.57. The van der Waals surface area contributed by atoms with Crippen LogP contribution >= 0.6 is 34.6 Å². The van der Waals surface area contributed by atoms with Gasteiger partial charge in [-0.2, -0.15) is 5.26 Å². The molecule has 0 saturated heterocycles. The molecule has 0 aliphatic rings. The number of amides is 1. The molecule has 0 saturated carbocycles. The normalized spacial score (nSPS) is 10.5. The summed E-state index contributed by atoms with van der Waals surface area (Å²) in [4.78, 5) is 24.3. The van der Waals surface area contributed by atoms with Crippen LogP contribution in [0.5, 0.6) is 0 Å². The largest absolute Gasteiger partial charge is 0.317 e. The Bertz CT molecular complexity index is 1000. The van der Waals surface area contributed by atoms with Crippen LogP contribution in [0.4, 0.5) is 10.8 Å². The lowest BCUT2D eigenvalue weighted by molar-refractivity contribution is 0.0980. The minimum absolute atomic E-state index is 0.192. The first-order valence-electron chi connectivity index (χ1n) is 8.51. The first-order valence-corrected chi connectivity index (χ1v) is 11.4. The molecule has 2 heterocycles. The smallest absolute Gasteiger partial charge is 0.280 e. The van der Waals surface area contributed by atoms with Crippen molar-refractivity contribution in [3.05, 3.63) is 56.5 Å². The van der Waals surface area contributed by atoms with Crippen molar-refractivity contribution in [1.82, 2.24) is 14.7 Å². The number of aryl methyl sites for hydroxylation is 2. The molecule has 0 fully saturated rings. The van der Waals surface area contributed by atoms with Crippen molar-refractivity contribution in [2.24, 2.45) is 0 Å². The van der Waals surface area contributed by atoms with Gasteiger partial charge >= 0.3 is 0 Å². The third kappa shape index (κ3) is 4.70. The van der Waals surface area contributed by atoms with Gasteiger partial charge in [-0.1, -0.05) is 11.9 Å². The van der Waals surface area contributed by atoms with Gasteiger partial charge in [0.25, 0.3) is 5.91 Å². The second kappa shape index (κ2) is 9.19. The lowest BCUT2D eigenvalue weighted by Gasteiger charge is -2.21. The van der Waals surface area contributed by atoms with E-state index in [1.54, 1.807) is 29.7 Å². The predicted octanol–water partition coefficient (Wildman–Crippen LogP) is 4.48. The zero-order valence-electron chi connectivity index (χ0n) is 15.7. The lowest BCUT2D eigenvalue weighted by atomic mass is 10.2. The van der Waals surface area contributed by atoms with E-state index in [4.69, 9.17) is 5.26 Å². The van der Waals surface area contributed by atoms with E-state index in [1.807, 2.05) is 26.0 Å². The average molecular weight is 430 g/mol. The van der Waals surface area contributed by atoms with Gasteiger partial charge in [0.2, 0.25) is 0 Å². The number of aromatic nitrogens is 2. The van der Waals surface area contributed by atoms with Gasteiger partial charge in [-0.05, 0) is 38.1 Å². The topological polar surface area (TPSA) is 81.9 Å². The number of benzene rings is 1. The van der Waals surface area contributed by atoms with E-state index in [9.17, 15) is 4.79 Å². The van der Waals surface area contributed by atoms with Gasteiger partial charge in [-0.25, -0.2) is 9.97 Å². The van der Waals surface area contributed by atoms with Crippen LogP contribution in [0.15, 0.2) is 29.6 Å². The lowest BCUT2D eigenvalue weighted by Crippen LogP contribution is -2.21. The highest BCUT2D eigenvalue weighted by Crippen LogP contribution is 2.32. The van der Waals surface area contributed by atoms with Gasteiger partial charge in [0.15, 0.2) is 5.13 Å². The minimum atomic E-state index is -0.192. The SMILES string of the molecule is CSNC(=O)c1nc(N(CCc2csc(C)n2)c2ccc(C#N)cc2)sc1C. The predicted molar refractivity (Wildman–Crippen MR) is 117 cm³/mol. The summed E-state index contributed by atoms with van der Waals surface area (Å²) < 4.78 is 2.73. The van der Waals surface area contributed by atoms with E-state index >= 15 is 0 Å². The van der Waals surface area contributed by atoms with Crippen LogP contribution in [0.1, 0.15) is 31.6 Å². The molecule has 3 rings (SSSR count). The molecule has 1 N–H and O–H groups in total. The summed E-state index contributed by atoms with van der Waals surface area (Å²) in [5.74, 6) is -0.192. The monoisotopic (exact) mass is 429 g/mol. The van der Waals surface area contributed by atoms with Crippen molar-refractivity contribution in [3.8, 4) is 6.07 Å². The zero-order valence-corrected chi connectivity index (χ0v) is 18.2. The Hall–Kier alpha value is -2.41. The molecule has 1 amide bonds. The summed E-state index contributed by atoms with van der Waals surface area (Å²) in [7, 11) is 0. The molecule has 0 bridgehead atoms. The van der Waals surface area contributed by atoms with Gasteiger partial charge in [0, 0.05) is 35.2 Å². The van der Waals surface area contributed by atoms with Crippen LogP contribution in [0.2, 0.25) is 0 Å². The van der Waals surface area contributed by atoms with Crippen molar-refractivity contribution in [2.45, 2.75) is 20.3 Å². The van der Waals surface area contributed by atoms with E-state index < -0.39 is 0 Å². The molecule has 0 atom stereocenters. The van der Waals surface area contributed by atoms with Gasteiger partial charge in [0.1, 0.15) is 5.69 Å². The average Bonchev–Trinajstić information content (AvgIpc) is 3.28. The number of thiazole rings is 2. The Balaban J connectivity index is 1.92. The number of carbonyl (C=O) groups excluding carboxylic acids is 1. The van der Waals surface area contributed by atoms with E-state index in [0.29, 0.717) is 17.8 Å². The second-order valence-electron chi connectivity index (χ2n) is 5.95. The van der Waals surface area contributed by atoms with Crippen molar-refractivity contribution < 1.29 is 4.79 Å². The Morgan fingerprint density at radius 1 is 1.29 bits per heavy atom. The molecule has 3 aromatic rings. The van der Waals surface area contributed by atoms with Crippen LogP contribution < -0.4 is 9.62 Å². The molecule has 144 valence electrons. The molecule has 0 aliphatic carbocycles. The number of rotatable bonds is 7. The minimum Gasteiger partial charge on any atom is -0.317 e. The van der Waals surface area contributed by atoms with Crippen LogP contribution in [0, 0.1) is 25.2 Å². The van der Waals surface area contributed by atoms with Crippen molar-refractivity contribution in [3.63, 3.8) is 0 Å². The van der Waals surface area contributed by atoms with E-state index in [0.717, 1.165) is 32.8 Å². The highest BCUT2D eigenvalue weighted by molar-refractivity contribution is 7.97. The molecule has 0 unspecified atom stereocenters. The van der Waals surface area contributed by atoms with Crippen LogP contribution in [-0.4, -0.2) is 28.7 Å². The van der Waals surface area contributed by atoms with Gasteiger partial charge in [0.05, 0.1) is 22.3 Å². The Morgan fingerprint density at radius 3 is 2.64 bits per heavy atom. The fourth-order valence-corrected chi connectivity index (χ4v) is 4.53. The van der Waals surface area contributed by atoms with E-state index in [2.05, 4.69) is 31.0 Å². The Labute approximate surface area is 176 Å². The van der Waals surface area contributed by atoms with E-state index in [1.165, 1.54) is 23.3 Å². The molecule has 28 heavy (non-hydrogen) atoms. The van der Waals surface area contributed by atoms with Gasteiger partial charge in [-0.15, -0.1) is 22.7 Å². The van der Waals surface area contributed by atoms with Crippen LogP contribution in [0.25, 0.3) is 0 Å². The molecule has 0 spiro atoms. The Morgan fingerprint density at radius 2 is 2.04 bits per heavy atom. The molecular weight excluding hydrogens is 410 g/mol. The maximum atomic E-state index is 12.3. The molecule has 0 aliphatic heterocycles. The molecule has 2 aromatic heterocycles. The summed E-state index contributed by atoms with van der Waals surface area (Å²) in [5, 5.41) is 12.9. The van der Waals surface area contributed by atoms with Crippen molar-refractivity contribution >= 4 is 51.3 Å². The first-order chi connectivity index (χ1) is 13.5. The number of nitrogens with zero attached hydrogens (tertiary/aromatic N) is 4. The number of hydrogen-bond acceptors (Lipinski definition) is 8. The fraction of sp³-hybridized carbons (Fsp3) is 0.263. The molecule has 1 aromatic carbocycles. The standard InChI is InChI=1S/C19H19N5OS3/c1-12-17(18(25)23-26-3)22-19(28-12)24(9-8-15-11-27-13(2)21-15)16-6-4-14(10-20)5-7-16/h4-7,11H,8-9H2,1-3H3,(H,23,25). The summed E-state index contributed by atoms with van der Waals surface area (Å²) in [6.07, 6.45) is 2.56. The number of hydrogen-bond donors (Lipinski definition) is 1. The number of anilines is 2. The third-order valence-electron chi connectivity index (χ3n) is 3.99. The zero-order chi connectivity index (χ0) is 20.1. The van der Waals surface area contributed by atoms with E-state index in [-0.39, 0.29) is 5.91 Å². The maximum Gasteiger partial charge on any atom is 0.280 e. The first kappa shape index (κ1) is 20.3. The molecular formula is C19H19N5OS3. The maximum absolute atomic E-state index is 12.3. The number of nitriles is 1. The number of carbonyl (C=O) groups is 1. The Kier molecular flexibility index (Phi) is 6.67. The van der Waals surface area contributed by atoms with Crippen molar-refractivity contribution in [1.29, 1.82) is 5.26 Å². The van der Waals surface area contributed by atoms with Gasteiger partial charge in [-0.3, -0.25) is 9.52 Å². The third-order valence-corrected chi connectivity index (χ3v) is 6.20. The summed E-state index contributed by atoms with van der Waals surface area (Å²) in [6, 6.07) is 9.53.